The molecule has 0 atom stereocenters. The molecular formula is C21H19N3O6. The molecular weight excluding hydrogens is 390 g/mol. The lowest BCUT2D eigenvalue weighted by molar-refractivity contribution is -0.127. The quantitative estimate of drug-likeness (QED) is 0.429. The molecule has 1 aliphatic rings. The van der Waals surface area contributed by atoms with Gasteiger partial charge in [-0.1, -0.05) is 24.3 Å². The fourth-order valence-corrected chi connectivity index (χ4v) is 2.80. The number of rotatable bonds is 6. The number of nitrogens with zero attached hydrogens (tertiary/aromatic N) is 1. The molecule has 30 heavy (non-hydrogen) atoms. The highest BCUT2D eigenvalue weighted by Crippen LogP contribution is 2.23. The van der Waals surface area contributed by atoms with Gasteiger partial charge in [0.15, 0.2) is 0 Å². The summed E-state index contributed by atoms with van der Waals surface area (Å²) < 4.78 is 9.79. The summed E-state index contributed by atoms with van der Waals surface area (Å²) in [6.45, 7) is -0.457. The van der Waals surface area contributed by atoms with Gasteiger partial charge in [-0.15, -0.1) is 0 Å². The third-order valence-corrected chi connectivity index (χ3v) is 4.29. The smallest absolute Gasteiger partial charge is 0.337 e. The van der Waals surface area contributed by atoms with Crippen LogP contribution in [0.2, 0.25) is 0 Å². The average molecular weight is 409 g/mol. The molecule has 154 valence electrons. The highest BCUT2D eigenvalue weighted by Gasteiger charge is 2.35. The largest absolute Gasteiger partial charge is 0.495 e. The Hall–Kier alpha value is -4.14. The van der Waals surface area contributed by atoms with Gasteiger partial charge in [-0.25, -0.2) is 14.5 Å². The lowest BCUT2D eigenvalue weighted by Crippen LogP contribution is -2.38. The van der Waals surface area contributed by atoms with Crippen molar-refractivity contribution in [2.75, 3.05) is 26.1 Å². The number of hydrogen-bond acceptors (Lipinski definition) is 6. The maximum atomic E-state index is 12.5. The number of imide groups is 1. The molecule has 0 aliphatic carbocycles. The monoisotopic (exact) mass is 409 g/mol. The highest BCUT2D eigenvalue weighted by atomic mass is 16.5. The number of para-hydroxylation sites is 2. The van der Waals surface area contributed by atoms with E-state index < -0.39 is 30.4 Å². The van der Waals surface area contributed by atoms with Crippen molar-refractivity contribution in [3.8, 4) is 5.75 Å². The zero-order chi connectivity index (χ0) is 21.7. The van der Waals surface area contributed by atoms with E-state index in [0.717, 1.165) is 4.90 Å². The second-order valence-electron chi connectivity index (χ2n) is 6.24. The summed E-state index contributed by atoms with van der Waals surface area (Å²) >= 11 is 0. The average Bonchev–Trinajstić information content (AvgIpc) is 3.01. The Balaban J connectivity index is 1.69. The van der Waals surface area contributed by atoms with Crippen LogP contribution in [0.4, 0.5) is 10.5 Å². The van der Waals surface area contributed by atoms with Gasteiger partial charge in [-0.05, 0) is 35.9 Å². The summed E-state index contributed by atoms with van der Waals surface area (Å²) in [7, 11) is 2.75. The first-order valence-corrected chi connectivity index (χ1v) is 8.88. The van der Waals surface area contributed by atoms with Crippen molar-refractivity contribution in [2.24, 2.45) is 0 Å². The Morgan fingerprint density at radius 3 is 2.43 bits per heavy atom. The van der Waals surface area contributed by atoms with Crippen LogP contribution in [0.1, 0.15) is 15.9 Å². The van der Waals surface area contributed by atoms with Crippen LogP contribution in [0.15, 0.2) is 54.2 Å². The molecule has 9 heteroatoms. The van der Waals surface area contributed by atoms with E-state index in [1.807, 2.05) is 0 Å². The zero-order valence-corrected chi connectivity index (χ0v) is 16.3. The molecule has 2 N–H and O–H groups in total. The molecule has 1 heterocycles. The first-order valence-electron chi connectivity index (χ1n) is 8.88. The van der Waals surface area contributed by atoms with Crippen LogP contribution >= 0.6 is 0 Å². The van der Waals surface area contributed by atoms with E-state index in [0.29, 0.717) is 22.6 Å². The number of hydrogen-bond donors (Lipinski definition) is 2. The van der Waals surface area contributed by atoms with Crippen molar-refractivity contribution < 1.29 is 28.7 Å². The second kappa shape index (κ2) is 8.91. The molecule has 0 saturated carbocycles. The van der Waals surface area contributed by atoms with Gasteiger partial charge >= 0.3 is 12.0 Å². The second-order valence-corrected chi connectivity index (χ2v) is 6.24. The lowest BCUT2D eigenvalue weighted by Gasteiger charge is -2.13. The molecule has 9 nitrogen and oxygen atoms in total. The maximum absolute atomic E-state index is 12.5. The number of urea groups is 1. The lowest BCUT2D eigenvalue weighted by atomic mass is 10.1. The van der Waals surface area contributed by atoms with Crippen LogP contribution in [0, 0.1) is 0 Å². The molecule has 4 amide bonds. The Kier molecular flexibility index (Phi) is 6.11. The zero-order valence-electron chi connectivity index (χ0n) is 16.3. The van der Waals surface area contributed by atoms with E-state index >= 15 is 0 Å². The van der Waals surface area contributed by atoms with Crippen LogP contribution in [-0.4, -0.2) is 49.5 Å². The van der Waals surface area contributed by atoms with Crippen molar-refractivity contribution in [2.45, 2.75) is 0 Å². The Morgan fingerprint density at radius 1 is 1.07 bits per heavy atom. The van der Waals surface area contributed by atoms with Gasteiger partial charge in [0, 0.05) is 0 Å². The van der Waals surface area contributed by atoms with Gasteiger partial charge in [-0.3, -0.25) is 9.59 Å². The van der Waals surface area contributed by atoms with E-state index in [1.54, 1.807) is 36.4 Å². The normalized spacial score (nSPS) is 14.5. The fraction of sp³-hybridized carbons (Fsp3) is 0.143. The number of esters is 1. The summed E-state index contributed by atoms with van der Waals surface area (Å²) in [5.41, 5.74) is 1.40. The molecule has 2 aromatic rings. The minimum Gasteiger partial charge on any atom is -0.495 e. The maximum Gasteiger partial charge on any atom is 0.337 e. The summed E-state index contributed by atoms with van der Waals surface area (Å²) in [6, 6.07) is 12.4. The van der Waals surface area contributed by atoms with Gasteiger partial charge in [0.1, 0.15) is 18.0 Å². The molecule has 0 radical (unpaired) electrons. The fourth-order valence-electron chi connectivity index (χ4n) is 2.80. The van der Waals surface area contributed by atoms with Crippen LogP contribution in [-0.2, 0) is 14.3 Å². The third kappa shape index (κ3) is 4.46. The number of ether oxygens (including phenoxy) is 2. The summed E-state index contributed by atoms with van der Waals surface area (Å²) in [5, 5.41) is 5.06. The van der Waals surface area contributed by atoms with Gasteiger partial charge in [0.2, 0.25) is 5.91 Å². The van der Waals surface area contributed by atoms with E-state index in [1.165, 1.54) is 32.4 Å². The molecule has 0 aromatic heterocycles. The van der Waals surface area contributed by atoms with Gasteiger partial charge in [0.05, 0.1) is 25.5 Å². The first kappa shape index (κ1) is 20.6. The van der Waals surface area contributed by atoms with Crippen LogP contribution in [0.3, 0.4) is 0 Å². The van der Waals surface area contributed by atoms with E-state index in [2.05, 4.69) is 15.4 Å². The molecule has 1 saturated heterocycles. The van der Waals surface area contributed by atoms with Gasteiger partial charge in [0.25, 0.3) is 5.91 Å². The van der Waals surface area contributed by atoms with Gasteiger partial charge < -0.3 is 20.1 Å². The molecule has 2 aromatic carbocycles. The van der Waals surface area contributed by atoms with Crippen LogP contribution in [0.25, 0.3) is 6.08 Å². The topological polar surface area (TPSA) is 114 Å². The van der Waals surface area contributed by atoms with Crippen molar-refractivity contribution in [3.05, 3.63) is 65.4 Å². The minimum absolute atomic E-state index is 0.0240. The van der Waals surface area contributed by atoms with Gasteiger partial charge in [-0.2, -0.15) is 0 Å². The number of benzene rings is 2. The van der Waals surface area contributed by atoms with Crippen molar-refractivity contribution in [1.82, 2.24) is 10.2 Å². The third-order valence-electron chi connectivity index (χ3n) is 4.29. The number of methoxy groups -OCH3 is 2. The predicted octanol–water partition coefficient (Wildman–Crippen LogP) is 2.01. The SMILES string of the molecule is COC(=O)c1ccc(/C=C2/NC(=O)N(CC(=O)Nc3ccccc3OC)C2=O)cc1. The number of amides is 4. The number of anilines is 1. The highest BCUT2D eigenvalue weighted by molar-refractivity contribution is 6.16. The number of carbonyl (C=O) groups is 4. The van der Waals surface area contributed by atoms with Crippen LogP contribution in [0.5, 0.6) is 5.75 Å². The van der Waals surface area contributed by atoms with E-state index in [4.69, 9.17) is 4.74 Å². The van der Waals surface area contributed by atoms with Crippen molar-refractivity contribution in [3.63, 3.8) is 0 Å². The van der Waals surface area contributed by atoms with Crippen LogP contribution < -0.4 is 15.4 Å². The Bertz CT molecular complexity index is 1030. The standard InChI is InChI=1S/C21H19N3O6/c1-29-17-6-4-3-5-15(17)22-18(25)12-24-19(26)16(23-21(24)28)11-13-7-9-14(10-8-13)20(27)30-2/h3-11H,12H2,1-2H3,(H,22,25)(H,23,28)/b16-11+. The van der Waals surface area contributed by atoms with E-state index in [-0.39, 0.29) is 5.70 Å². The molecule has 1 fully saturated rings. The molecule has 0 bridgehead atoms. The Morgan fingerprint density at radius 2 is 1.77 bits per heavy atom. The molecule has 1 aliphatic heterocycles. The predicted molar refractivity (Wildman–Crippen MR) is 108 cm³/mol. The van der Waals surface area contributed by atoms with Crippen molar-refractivity contribution in [1.29, 1.82) is 0 Å². The molecule has 0 spiro atoms. The first-order chi connectivity index (χ1) is 14.4. The summed E-state index contributed by atoms with van der Waals surface area (Å²) in [6.07, 6.45) is 1.46. The minimum atomic E-state index is -0.701. The molecule has 3 rings (SSSR count). The summed E-state index contributed by atoms with van der Waals surface area (Å²) in [5.74, 6) is -1.20. The Labute approximate surface area is 172 Å². The number of nitrogens with one attached hydrogen (secondary N) is 2. The van der Waals surface area contributed by atoms with E-state index in [9.17, 15) is 19.2 Å². The molecule has 0 unspecified atom stereocenters. The summed E-state index contributed by atoms with van der Waals surface area (Å²) in [4.78, 5) is 49.3. The number of carbonyl (C=O) groups excluding carboxylic acids is 4. The van der Waals surface area contributed by atoms with Crippen molar-refractivity contribution >= 4 is 35.6 Å².